The molecule has 1 atom stereocenters. The first kappa shape index (κ1) is 20.4. The van der Waals surface area contributed by atoms with Crippen LogP contribution in [0.15, 0.2) is 42.7 Å². The average molecular weight is 408 g/mol. The first-order valence-corrected chi connectivity index (χ1v) is 10.5. The molecule has 4 rings (SSSR count). The van der Waals surface area contributed by atoms with E-state index in [2.05, 4.69) is 51.2 Å². The standard InChI is InChI=1S/C22H29N7O/c1-16(2)28-13-12-27(3)15-19(28)21-26-25-20-8-7-17(14-29(20)21)22(30)24-11-9-18-6-4-5-10-23-18/h4-8,10,14,16,19H,9,11-13,15H2,1-3H3,(H,24,30). The van der Waals surface area contributed by atoms with E-state index in [1.54, 1.807) is 12.3 Å². The van der Waals surface area contributed by atoms with Crippen molar-refractivity contribution in [1.29, 1.82) is 0 Å². The highest BCUT2D eigenvalue weighted by molar-refractivity contribution is 5.94. The molecular formula is C22H29N7O. The summed E-state index contributed by atoms with van der Waals surface area (Å²) < 4.78 is 1.97. The van der Waals surface area contributed by atoms with Crippen molar-refractivity contribution in [2.75, 3.05) is 33.2 Å². The number of nitrogens with one attached hydrogen (secondary N) is 1. The van der Waals surface area contributed by atoms with E-state index < -0.39 is 0 Å². The maximum absolute atomic E-state index is 12.7. The molecule has 1 aliphatic heterocycles. The molecule has 4 heterocycles. The summed E-state index contributed by atoms with van der Waals surface area (Å²) in [5.41, 5.74) is 2.32. The molecule has 158 valence electrons. The number of rotatable bonds is 6. The predicted molar refractivity (Wildman–Crippen MR) is 115 cm³/mol. The van der Waals surface area contributed by atoms with Gasteiger partial charge < -0.3 is 10.2 Å². The molecule has 30 heavy (non-hydrogen) atoms. The van der Waals surface area contributed by atoms with E-state index in [-0.39, 0.29) is 11.9 Å². The van der Waals surface area contributed by atoms with Gasteiger partial charge in [-0.15, -0.1) is 10.2 Å². The first-order chi connectivity index (χ1) is 14.5. The van der Waals surface area contributed by atoms with Gasteiger partial charge in [0.15, 0.2) is 11.5 Å². The highest BCUT2D eigenvalue weighted by atomic mass is 16.1. The van der Waals surface area contributed by atoms with Crippen molar-refractivity contribution in [3.05, 3.63) is 59.8 Å². The van der Waals surface area contributed by atoms with Crippen molar-refractivity contribution in [2.45, 2.75) is 32.4 Å². The molecule has 1 fully saturated rings. The maximum atomic E-state index is 12.7. The Kier molecular flexibility index (Phi) is 6.06. The summed E-state index contributed by atoms with van der Waals surface area (Å²) in [5.74, 6) is 0.780. The third-order valence-electron chi connectivity index (χ3n) is 5.67. The Labute approximate surface area is 176 Å². The van der Waals surface area contributed by atoms with E-state index in [1.165, 1.54) is 0 Å². The molecule has 0 radical (unpaired) electrons. The van der Waals surface area contributed by atoms with E-state index in [0.29, 0.717) is 24.6 Å². The fourth-order valence-electron chi connectivity index (χ4n) is 4.00. The number of amides is 1. The van der Waals surface area contributed by atoms with Crippen LogP contribution in [0.4, 0.5) is 0 Å². The molecule has 0 aliphatic carbocycles. The Morgan fingerprint density at radius 1 is 1.20 bits per heavy atom. The smallest absolute Gasteiger partial charge is 0.252 e. The van der Waals surface area contributed by atoms with Crippen LogP contribution in [0.1, 0.15) is 41.8 Å². The topological polar surface area (TPSA) is 78.7 Å². The highest BCUT2D eigenvalue weighted by Crippen LogP contribution is 2.26. The van der Waals surface area contributed by atoms with Crippen molar-refractivity contribution in [3.63, 3.8) is 0 Å². The number of carbonyl (C=O) groups excluding carboxylic acids is 1. The molecule has 8 heteroatoms. The van der Waals surface area contributed by atoms with Gasteiger partial charge in [-0.05, 0) is 45.2 Å². The maximum Gasteiger partial charge on any atom is 0.252 e. The highest BCUT2D eigenvalue weighted by Gasteiger charge is 2.31. The number of carbonyl (C=O) groups is 1. The quantitative estimate of drug-likeness (QED) is 0.671. The lowest BCUT2D eigenvalue weighted by molar-refractivity contribution is 0.0586. The van der Waals surface area contributed by atoms with Gasteiger partial charge in [0.2, 0.25) is 0 Å². The molecule has 1 N–H and O–H groups in total. The molecule has 1 amide bonds. The van der Waals surface area contributed by atoms with Crippen molar-refractivity contribution in [3.8, 4) is 0 Å². The van der Waals surface area contributed by atoms with Crippen molar-refractivity contribution in [2.24, 2.45) is 0 Å². The van der Waals surface area contributed by atoms with Crippen LogP contribution in [0, 0.1) is 0 Å². The molecule has 1 aliphatic rings. The first-order valence-electron chi connectivity index (χ1n) is 10.5. The SMILES string of the molecule is CC(C)N1CCN(C)CC1c1nnc2ccc(C(=O)NCCc3ccccn3)cn12. The Morgan fingerprint density at radius 2 is 2.07 bits per heavy atom. The second kappa shape index (κ2) is 8.89. The number of hydrogen-bond donors (Lipinski definition) is 1. The van der Waals surface area contributed by atoms with Crippen LogP contribution in [0.5, 0.6) is 0 Å². The third-order valence-corrected chi connectivity index (χ3v) is 5.67. The fourth-order valence-corrected chi connectivity index (χ4v) is 4.00. The third kappa shape index (κ3) is 4.34. The minimum atomic E-state index is -0.103. The fraction of sp³-hybridized carbons (Fsp3) is 0.455. The lowest BCUT2D eigenvalue weighted by atomic mass is 10.1. The zero-order chi connectivity index (χ0) is 21.1. The van der Waals surface area contributed by atoms with Crippen molar-refractivity contribution in [1.82, 2.24) is 34.7 Å². The largest absolute Gasteiger partial charge is 0.352 e. The van der Waals surface area contributed by atoms with E-state index in [9.17, 15) is 4.79 Å². The number of piperazine rings is 1. The van der Waals surface area contributed by atoms with Gasteiger partial charge in [0.05, 0.1) is 11.6 Å². The van der Waals surface area contributed by atoms with E-state index in [4.69, 9.17) is 0 Å². The van der Waals surface area contributed by atoms with Gasteiger partial charge in [-0.1, -0.05) is 6.07 Å². The van der Waals surface area contributed by atoms with Gasteiger partial charge in [-0.3, -0.25) is 19.1 Å². The Morgan fingerprint density at radius 3 is 2.83 bits per heavy atom. The summed E-state index contributed by atoms with van der Waals surface area (Å²) in [4.78, 5) is 21.8. The van der Waals surface area contributed by atoms with Crippen molar-refractivity contribution >= 4 is 11.6 Å². The van der Waals surface area contributed by atoms with Crippen LogP contribution in [0.25, 0.3) is 5.65 Å². The minimum absolute atomic E-state index is 0.103. The predicted octanol–water partition coefficient (Wildman–Crippen LogP) is 1.79. The van der Waals surface area contributed by atoms with Gasteiger partial charge in [0.1, 0.15) is 0 Å². The van der Waals surface area contributed by atoms with Gasteiger partial charge in [0.25, 0.3) is 5.91 Å². The molecular weight excluding hydrogens is 378 g/mol. The van der Waals surface area contributed by atoms with Gasteiger partial charge >= 0.3 is 0 Å². The molecule has 3 aromatic rings. The molecule has 0 bridgehead atoms. The van der Waals surface area contributed by atoms with Gasteiger partial charge in [0, 0.05) is 56.7 Å². The number of pyridine rings is 2. The van der Waals surface area contributed by atoms with Gasteiger partial charge in [-0.2, -0.15) is 0 Å². The second-order valence-corrected chi connectivity index (χ2v) is 8.14. The lowest BCUT2D eigenvalue weighted by Gasteiger charge is -2.41. The van der Waals surface area contributed by atoms with Crippen LogP contribution >= 0.6 is 0 Å². The Hall–Kier alpha value is -2.84. The van der Waals surface area contributed by atoms with Crippen LogP contribution in [-0.4, -0.2) is 74.6 Å². The van der Waals surface area contributed by atoms with E-state index in [1.807, 2.05) is 34.9 Å². The molecule has 8 nitrogen and oxygen atoms in total. The normalized spacial score (nSPS) is 18.2. The zero-order valence-corrected chi connectivity index (χ0v) is 17.8. The molecule has 0 spiro atoms. The van der Waals surface area contributed by atoms with E-state index >= 15 is 0 Å². The number of aromatic nitrogens is 4. The average Bonchev–Trinajstić information content (AvgIpc) is 3.17. The van der Waals surface area contributed by atoms with Crippen LogP contribution in [0.3, 0.4) is 0 Å². The summed E-state index contributed by atoms with van der Waals surface area (Å²) in [5, 5.41) is 11.8. The number of hydrogen-bond acceptors (Lipinski definition) is 6. The second-order valence-electron chi connectivity index (χ2n) is 8.14. The van der Waals surface area contributed by atoms with Crippen LogP contribution in [-0.2, 0) is 6.42 Å². The van der Waals surface area contributed by atoms with Gasteiger partial charge in [-0.25, -0.2) is 0 Å². The molecule has 3 aromatic heterocycles. The summed E-state index contributed by atoms with van der Waals surface area (Å²) in [7, 11) is 2.13. The number of fused-ring (bicyclic) bond motifs is 1. The molecule has 1 unspecified atom stereocenters. The minimum Gasteiger partial charge on any atom is -0.352 e. The summed E-state index contributed by atoms with van der Waals surface area (Å²) in [6.07, 6.45) is 4.32. The molecule has 1 saturated heterocycles. The summed E-state index contributed by atoms with van der Waals surface area (Å²) in [6, 6.07) is 10.0. The Bertz CT molecular complexity index is 1000. The Balaban J connectivity index is 1.52. The zero-order valence-electron chi connectivity index (χ0n) is 17.8. The monoisotopic (exact) mass is 407 g/mol. The summed E-state index contributed by atoms with van der Waals surface area (Å²) in [6.45, 7) is 7.87. The summed E-state index contributed by atoms with van der Waals surface area (Å²) >= 11 is 0. The van der Waals surface area contributed by atoms with E-state index in [0.717, 1.165) is 36.8 Å². The number of nitrogens with zero attached hydrogens (tertiary/aromatic N) is 6. The molecule has 0 aromatic carbocycles. The van der Waals surface area contributed by atoms with Crippen LogP contribution in [0.2, 0.25) is 0 Å². The number of likely N-dealkylation sites (N-methyl/N-ethyl adjacent to an activating group) is 1. The van der Waals surface area contributed by atoms with Crippen molar-refractivity contribution < 1.29 is 4.79 Å². The molecule has 0 saturated carbocycles. The lowest BCUT2D eigenvalue weighted by Crippen LogP contribution is -2.50. The van der Waals surface area contributed by atoms with Crippen LogP contribution < -0.4 is 5.32 Å².